The first-order valence-electron chi connectivity index (χ1n) is 28.9. The third-order valence-corrected chi connectivity index (χ3v) is 16.3. The van der Waals surface area contributed by atoms with E-state index in [1.54, 1.807) is 66.0 Å². The van der Waals surface area contributed by atoms with Gasteiger partial charge < -0.3 is 68.2 Å². The maximum absolute atomic E-state index is 14.4. The molecule has 4 aliphatic rings. The van der Waals surface area contributed by atoms with Crippen LogP contribution >= 0.6 is 11.6 Å². The van der Waals surface area contributed by atoms with Gasteiger partial charge >= 0.3 is 24.1 Å². The minimum atomic E-state index is -1.89. The van der Waals surface area contributed by atoms with Gasteiger partial charge in [0.2, 0.25) is 17.7 Å². The number of methoxy groups -OCH3 is 2. The van der Waals surface area contributed by atoms with Crippen LogP contribution < -0.4 is 25.6 Å². The molecule has 86 heavy (non-hydrogen) atoms. The lowest BCUT2D eigenvalue weighted by Crippen LogP contribution is -2.63. The average molecular weight is 1220 g/mol. The molecule has 4 N–H and O–H groups in total. The fourth-order valence-electron chi connectivity index (χ4n) is 11.0. The van der Waals surface area contributed by atoms with Crippen molar-refractivity contribution in [2.45, 2.75) is 146 Å². The first-order valence-corrected chi connectivity index (χ1v) is 29.3. The number of benzene rings is 3. The lowest BCUT2D eigenvalue weighted by molar-refractivity contribution is -0.162. The van der Waals surface area contributed by atoms with Crippen LogP contribution in [0.15, 0.2) is 84.5 Å². The van der Waals surface area contributed by atoms with Crippen molar-refractivity contribution in [1.82, 2.24) is 20.9 Å². The van der Waals surface area contributed by atoms with Crippen LogP contribution in [0, 0.1) is 5.92 Å². The van der Waals surface area contributed by atoms with Crippen molar-refractivity contribution in [3.63, 3.8) is 0 Å². The number of rotatable bonds is 21. The third-order valence-electron chi connectivity index (χ3n) is 15.9. The van der Waals surface area contributed by atoms with E-state index in [0.717, 1.165) is 33.4 Å². The molecule has 468 valence electrons. The van der Waals surface area contributed by atoms with Crippen LogP contribution in [0.25, 0.3) is 11.1 Å². The second-order valence-electron chi connectivity index (χ2n) is 23.3. The average Bonchev–Trinajstić information content (AvgIpc) is 1.93. The van der Waals surface area contributed by atoms with E-state index in [9.17, 15) is 38.7 Å². The predicted molar refractivity (Wildman–Crippen MR) is 317 cm³/mol. The molecule has 3 heterocycles. The number of carbonyl (C=O) groups excluding carboxylic acids is 7. The number of hydrogen-bond donors (Lipinski definition) is 4. The predicted octanol–water partition coefficient (Wildman–Crippen LogP) is 7.08. The van der Waals surface area contributed by atoms with Crippen molar-refractivity contribution in [3.05, 3.63) is 106 Å². The Hall–Kier alpha value is -7.08. The number of nitrogens with one attached hydrogen (secondary N) is 3. The first-order chi connectivity index (χ1) is 40.8. The largest absolute Gasteiger partial charge is 0.495 e. The number of halogens is 1. The number of esters is 2. The molecule has 5 amide bonds. The summed E-state index contributed by atoms with van der Waals surface area (Å²) in [5, 5.41) is 19.9. The van der Waals surface area contributed by atoms with E-state index < -0.39 is 101 Å². The van der Waals surface area contributed by atoms with Crippen molar-refractivity contribution in [2.75, 3.05) is 72.8 Å². The zero-order valence-electron chi connectivity index (χ0n) is 50.9. The number of epoxide rings is 1. The Morgan fingerprint density at radius 3 is 2.28 bits per heavy atom. The zero-order valence-corrected chi connectivity index (χ0v) is 51.6. The molecule has 9 atom stereocenters. The summed E-state index contributed by atoms with van der Waals surface area (Å²) in [7, 11) is 5.87. The van der Waals surface area contributed by atoms with E-state index in [-0.39, 0.29) is 82.6 Å². The topological polar surface area (TPSA) is 269 Å². The number of nitrogens with zero attached hydrogens (tertiary/aromatic N) is 2. The van der Waals surface area contributed by atoms with E-state index in [0.29, 0.717) is 17.9 Å². The summed E-state index contributed by atoms with van der Waals surface area (Å²) in [4.78, 5) is 96.9. The van der Waals surface area contributed by atoms with Gasteiger partial charge in [0.15, 0.2) is 5.72 Å². The number of anilines is 1. The maximum Gasteiger partial charge on any atom is 0.409 e. The molecular weight excluding hydrogens is 1130 g/mol. The molecule has 3 aromatic rings. The van der Waals surface area contributed by atoms with Crippen LogP contribution in [0.4, 0.5) is 15.3 Å². The molecule has 2 fully saturated rings. The highest BCUT2D eigenvalue weighted by Crippen LogP contribution is 2.50. The van der Waals surface area contributed by atoms with Crippen LogP contribution in [0.1, 0.15) is 103 Å². The van der Waals surface area contributed by atoms with E-state index in [2.05, 4.69) is 16.0 Å². The highest BCUT2D eigenvalue weighted by atomic mass is 35.5. The monoisotopic (exact) mass is 1220 g/mol. The van der Waals surface area contributed by atoms with Gasteiger partial charge in [-0.15, -0.1) is 0 Å². The highest BCUT2D eigenvalue weighted by Gasteiger charge is 2.64. The van der Waals surface area contributed by atoms with Crippen molar-refractivity contribution in [1.29, 1.82) is 0 Å². The quantitative estimate of drug-likeness (QED) is 0.0359. The number of likely N-dealkylation sites (N-methyl/N-ethyl adjacent to an activating group) is 1. The first kappa shape index (κ1) is 66.4. The fourth-order valence-corrected chi connectivity index (χ4v) is 11.3. The molecule has 2 saturated heterocycles. The second kappa shape index (κ2) is 29.1. The molecule has 1 aliphatic carbocycles. The summed E-state index contributed by atoms with van der Waals surface area (Å²) in [6.07, 6.45) is -0.763. The number of alkyl carbamates (subject to hydrolysis) is 2. The van der Waals surface area contributed by atoms with Crippen molar-refractivity contribution < 1.29 is 81.3 Å². The Balaban J connectivity index is 0.903. The van der Waals surface area contributed by atoms with E-state index >= 15 is 0 Å². The molecule has 4 bridgehead atoms. The molecular formula is C63H82ClN5O17. The molecule has 3 aromatic carbocycles. The smallest absolute Gasteiger partial charge is 0.409 e. The summed E-state index contributed by atoms with van der Waals surface area (Å²) >= 11 is 6.83. The minimum Gasteiger partial charge on any atom is -0.495 e. The van der Waals surface area contributed by atoms with Gasteiger partial charge in [-0.3, -0.25) is 24.5 Å². The van der Waals surface area contributed by atoms with Crippen LogP contribution in [-0.2, 0) is 68.3 Å². The number of aliphatic hydroxyl groups is 1. The Morgan fingerprint density at radius 2 is 1.63 bits per heavy atom. The van der Waals surface area contributed by atoms with E-state index in [1.807, 2.05) is 61.5 Å². The molecule has 0 aromatic heterocycles. The zero-order chi connectivity index (χ0) is 62.7. The minimum absolute atomic E-state index is 0.0248. The van der Waals surface area contributed by atoms with Crippen LogP contribution in [0.3, 0.4) is 0 Å². The van der Waals surface area contributed by atoms with Gasteiger partial charge in [0.1, 0.15) is 59.0 Å². The van der Waals surface area contributed by atoms with Crippen LogP contribution in [0.2, 0.25) is 5.02 Å². The van der Waals surface area contributed by atoms with Gasteiger partial charge in [-0.25, -0.2) is 14.4 Å². The van der Waals surface area contributed by atoms with Crippen molar-refractivity contribution in [2.24, 2.45) is 5.92 Å². The Labute approximate surface area is 507 Å². The Morgan fingerprint density at radius 1 is 0.965 bits per heavy atom. The summed E-state index contributed by atoms with van der Waals surface area (Å²) in [6, 6.07) is 17.1. The summed E-state index contributed by atoms with van der Waals surface area (Å²) in [5.41, 5.74) is 2.26. The fraction of sp³-hybridized carbons (Fsp3) is 0.540. The number of carbonyl (C=O) groups is 7. The third kappa shape index (κ3) is 16.7. The molecule has 23 heteroatoms. The number of hydrogen-bond acceptors (Lipinski definition) is 17. The lowest BCUT2D eigenvalue weighted by Gasteiger charge is -2.42. The number of fused-ring (bicyclic) bond motifs is 8. The molecule has 3 aliphatic heterocycles. The van der Waals surface area contributed by atoms with E-state index in [4.69, 9.17) is 54.2 Å². The van der Waals surface area contributed by atoms with Crippen molar-refractivity contribution >= 4 is 59.1 Å². The second-order valence-corrected chi connectivity index (χ2v) is 23.7. The van der Waals surface area contributed by atoms with Gasteiger partial charge in [-0.1, -0.05) is 90.9 Å². The number of allylic oxidation sites excluding steroid dienone is 3. The Bertz CT molecular complexity index is 2980. The van der Waals surface area contributed by atoms with Gasteiger partial charge in [-0.05, 0) is 94.3 Å². The standard InChI is InChI=1S/C63H82ClN5O17/c1-37-17-16-22-50(79-11)63(77)35-49(83-60(76)67-63)38(2)56-62(7,86-56)51(34-53(71)69(9)47-32-40(31-37)33-48(78-10)55(47)64)84-58(74)39(3)68(8)52(70)25-27-80-29-30-81-28-26-65-57(73)46(23-24-54(72)85-61(4,5)6)66-59(75)82-36-45-43-20-14-12-18-41(43)42-19-13-15-21-44(42)45/h12-22,32-33,38-39,45-46,49-51,56,77H,23-31,34-36H2,1-11H3,(H,65,73)(H,66,75)(H,67,76)/b22-16+,37-17+/t38-,39+,46+,49+,50-,51+,56?,62+,63?/m1/s1. The normalized spacial score (nSPS) is 24.6. The molecule has 0 saturated carbocycles. The Kier molecular flexibility index (Phi) is 22.5. The van der Waals surface area contributed by atoms with Crippen molar-refractivity contribution in [3.8, 4) is 16.9 Å². The van der Waals surface area contributed by atoms with Crippen LogP contribution in [0.5, 0.6) is 5.75 Å². The molecule has 0 spiro atoms. The van der Waals surface area contributed by atoms with Gasteiger partial charge in [0.25, 0.3) is 0 Å². The highest BCUT2D eigenvalue weighted by molar-refractivity contribution is 6.35. The summed E-state index contributed by atoms with van der Waals surface area (Å²) in [6.45, 7) is 12.4. The molecule has 0 radical (unpaired) electrons. The van der Waals surface area contributed by atoms with Gasteiger partial charge in [0.05, 0.1) is 58.2 Å². The molecule has 2 unspecified atom stereocenters. The SMILES string of the molecule is COc1cc2cc(c1Cl)N(C)C(=O)C[C@H](OC(=O)[C@H](C)N(C)C(=O)CCOCCOCCNC(=O)[C@H](CCC(=O)OC(C)(C)C)NC(=O)OCC1c3ccccc3-c3ccccc31)[C@]1(C)OC1[C@H](C)[C@@H]1CC(O)(NC(=O)O1)[C@H](OC)/C=C/C=C(\C)C2. The summed E-state index contributed by atoms with van der Waals surface area (Å²) in [5.74, 6) is -3.31. The summed E-state index contributed by atoms with van der Waals surface area (Å²) < 4.78 is 51.9. The number of ether oxygens (including phenoxy) is 9. The molecule has 7 rings (SSSR count). The number of amides is 5. The lowest BCUT2D eigenvalue weighted by atomic mass is 9.83. The van der Waals surface area contributed by atoms with Gasteiger partial charge in [-0.2, -0.15) is 0 Å². The van der Waals surface area contributed by atoms with Gasteiger partial charge in [0, 0.05) is 52.4 Å². The van der Waals surface area contributed by atoms with Crippen LogP contribution in [-0.4, -0.2) is 173 Å². The van der Waals surface area contributed by atoms with E-state index in [1.165, 1.54) is 38.0 Å². The maximum atomic E-state index is 14.4. The molecule has 22 nitrogen and oxygen atoms in total.